The highest BCUT2D eigenvalue weighted by Crippen LogP contribution is 2.25. The van der Waals surface area contributed by atoms with Crippen LogP contribution in [-0.4, -0.2) is 34.9 Å². The number of carbonyl (C=O) groups excluding carboxylic acids is 1. The lowest BCUT2D eigenvalue weighted by molar-refractivity contribution is 0.0510. The maximum Gasteiger partial charge on any atom is 0.254 e. The molecule has 1 aromatic rings. The zero-order chi connectivity index (χ0) is 14.7. The third kappa shape index (κ3) is 2.94. The molecule has 2 heterocycles. The first-order valence-corrected chi connectivity index (χ1v) is 7.58. The fourth-order valence-corrected chi connectivity index (χ4v) is 2.99. The van der Waals surface area contributed by atoms with Crippen LogP contribution in [0.5, 0.6) is 0 Å². The maximum absolute atomic E-state index is 12.8. The van der Waals surface area contributed by atoms with Crippen LogP contribution in [0.3, 0.4) is 0 Å². The Labute approximate surface area is 121 Å². The molecule has 4 heteroatoms. The fourth-order valence-electron chi connectivity index (χ4n) is 2.99. The van der Waals surface area contributed by atoms with E-state index in [9.17, 15) is 4.79 Å². The molecule has 1 N–H and O–H groups in total. The summed E-state index contributed by atoms with van der Waals surface area (Å²) in [5.41, 5.74) is 1.71. The fraction of sp³-hybridized carbons (Fsp3) is 0.625. The first-order chi connectivity index (χ1) is 9.56. The zero-order valence-corrected chi connectivity index (χ0v) is 12.9. The van der Waals surface area contributed by atoms with E-state index in [1.165, 1.54) is 6.42 Å². The minimum Gasteiger partial charge on any atom is -0.373 e. The van der Waals surface area contributed by atoms with Gasteiger partial charge in [-0.2, -0.15) is 0 Å². The summed E-state index contributed by atoms with van der Waals surface area (Å²) < 4.78 is 0. The van der Waals surface area contributed by atoms with Crippen molar-refractivity contribution in [2.45, 2.75) is 58.5 Å². The first-order valence-electron chi connectivity index (χ1n) is 7.58. The molecule has 2 atom stereocenters. The van der Waals surface area contributed by atoms with Gasteiger partial charge in [0.25, 0.3) is 5.91 Å². The van der Waals surface area contributed by atoms with Crippen molar-refractivity contribution in [2.75, 3.05) is 12.4 Å². The van der Waals surface area contributed by atoms with E-state index >= 15 is 0 Å². The van der Waals surface area contributed by atoms with Crippen molar-refractivity contribution in [1.29, 1.82) is 0 Å². The summed E-state index contributed by atoms with van der Waals surface area (Å²) in [7, 11) is 1.84. The number of nitrogens with one attached hydrogen (secondary N) is 1. The topological polar surface area (TPSA) is 45.2 Å². The van der Waals surface area contributed by atoms with Crippen molar-refractivity contribution < 1.29 is 4.79 Å². The minimum atomic E-state index is 0.137. The average molecular weight is 275 g/mol. The summed E-state index contributed by atoms with van der Waals surface area (Å²) in [6.07, 6.45) is 4.24. The van der Waals surface area contributed by atoms with E-state index in [0.29, 0.717) is 12.1 Å². The van der Waals surface area contributed by atoms with Crippen LogP contribution in [0.1, 0.15) is 56.1 Å². The molecular formula is C16H25N3O. The maximum atomic E-state index is 12.8. The lowest BCUT2D eigenvalue weighted by atomic mass is 9.96. The Morgan fingerprint density at radius 2 is 2.00 bits per heavy atom. The van der Waals surface area contributed by atoms with Crippen LogP contribution >= 0.6 is 0 Å². The summed E-state index contributed by atoms with van der Waals surface area (Å²) in [4.78, 5) is 19.3. The van der Waals surface area contributed by atoms with Crippen molar-refractivity contribution >= 4 is 11.7 Å². The van der Waals surface area contributed by atoms with Crippen molar-refractivity contribution in [3.05, 3.63) is 23.4 Å². The van der Waals surface area contributed by atoms with Crippen LogP contribution in [0.25, 0.3) is 0 Å². The van der Waals surface area contributed by atoms with Crippen molar-refractivity contribution in [2.24, 2.45) is 0 Å². The second kappa shape index (κ2) is 6.25. The molecule has 0 aliphatic carbocycles. The number of piperidine rings is 1. The van der Waals surface area contributed by atoms with E-state index in [-0.39, 0.29) is 5.91 Å². The molecule has 110 valence electrons. The number of aryl methyl sites for hydroxylation is 1. The SMILES string of the molecule is CCc1cc(C(=O)N2C(C)CCCC2C)cc(NC)n1. The second-order valence-electron chi connectivity index (χ2n) is 5.68. The Morgan fingerprint density at radius 1 is 1.35 bits per heavy atom. The summed E-state index contributed by atoms with van der Waals surface area (Å²) in [6.45, 7) is 6.35. The number of nitrogens with zero attached hydrogens (tertiary/aromatic N) is 2. The zero-order valence-electron chi connectivity index (χ0n) is 12.9. The van der Waals surface area contributed by atoms with Gasteiger partial charge in [-0.05, 0) is 51.7 Å². The van der Waals surface area contributed by atoms with Gasteiger partial charge in [0, 0.05) is 30.4 Å². The molecule has 2 unspecified atom stereocenters. The van der Waals surface area contributed by atoms with Gasteiger partial charge in [-0.25, -0.2) is 4.98 Å². The van der Waals surface area contributed by atoms with Crippen molar-refractivity contribution in [3.8, 4) is 0 Å². The van der Waals surface area contributed by atoms with Crippen LogP contribution in [0.2, 0.25) is 0 Å². The molecule has 20 heavy (non-hydrogen) atoms. The van der Waals surface area contributed by atoms with Gasteiger partial charge in [0.2, 0.25) is 0 Å². The molecule has 0 saturated carbocycles. The smallest absolute Gasteiger partial charge is 0.254 e. The van der Waals surface area contributed by atoms with Gasteiger partial charge < -0.3 is 10.2 Å². The largest absolute Gasteiger partial charge is 0.373 e. The summed E-state index contributed by atoms with van der Waals surface area (Å²) in [6, 6.07) is 4.43. The molecule has 1 aliphatic heterocycles. The van der Waals surface area contributed by atoms with Gasteiger partial charge >= 0.3 is 0 Å². The number of hydrogen-bond donors (Lipinski definition) is 1. The number of amides is 1. The van der Waals surface area contributed by atoms with Gasteiger partial charge in [-0.3, -0.25) is 4.79 Å². The van der Waals surface area contributed by atoms with Crippen LogP contribution in [-0.2, 0) is 6.42 Å². The Bertz CT molecular complexity index is 454. The Balaban J connectivity index is 2.32. The first kappa shape index (κ1) is 14.8. The van der Waals surface area contributed by atoms with Crippen LogP contribution < -0.4 is 5.32 Å². The van der Waals surface area contributed by atoms with E-state index in [0.717, 1.165) is 36.3 Å². The highest BCUT2D eigenvalue weighted by Gasteiger charge is 2.29. The highest BCUT2D eigenvalue weighted by molar-refractivity contribution is 5.95. The van der Waals surface area contributed by atoms with E-state index in [1.807, 2.05) is 24.1 Å². The van der Waals surface area contributed by atoms with E-state index in [2.05, 4.69) is 31.1 Å². The second-order valence-corrected chi connectivity index (χ2v) is 5.68. The van der Waals surface area contributed by atoms with E-state index in [1.54, 1.807) is 0 Å². The van der Waals surface area contributed by atoms with Crippen LogP contribution in [0, 0.1) is 0 Å². The van der Waals surface area contributed by atoms with Gasteiger partial charge in [-0.1, -0.05) is 6.92 Å². The summed E-state index contributed by atoms with van der Waals surface area (Å²) in [5, 5.41) is 3.04. The third-order valence-corrected chi connectivity index (χ3v) is 4.17. The molecule has 0 radical (unpaired) electrons. The molecule has 1 aromatic heterocycles. The number of pyridine rings is 1. The lowest BCUT2D eigenvalue weighted by Gasteiger charge is -2.39. The van der Waals surface area contributed by atoms with Crippen molar-refractivity contribution in [1.82, 2.24) is 9.88 Å². The van der Waals surface area contributed by atoms with Crippen molar-refractivity contribution in [3.63, 3.8) is 0 Å². The van der Waals surface area contributed by atoms with Gasteiger partial charge in [0.15, 0.2) is 0 Å². The molecule has 1 fully saturated rings. The van der Waals surface area contributed by atoms with E-state index < -0.39 is 0 Å². The number of aromatic nitrogens is 1. The van der Waals surface area contributed by atoms with Gasteiger partial charge in [0.1, 0.15) is 5.82 Å². The molecular weight excluding hydrogens is 250 g/mol. The number of likely N-dealkylation sites (tertiary alicyclic amines) is 1. The molecule has 1 aliphatic rings. The lowest BCUT2D eigenvalue weighted by Crippen LogP contribution is -2.47. The molecule has 1 saturated heterocycles. The normalized spacial score (nSPS) is 22.7. The molecule has 0 spiro atoms. The molecule has 0 aromatic carbocycles. The number of hydrogen-bond acceptors (Lipinski definition) is 3. The molecule has 2 rings (SSSR count). The quantitative estimate of drug-likeness (QED) is 0.922. The highest BCUT2D eigenvalue weighted by atomic mass is 16.2. The monoisotopic (exact) mass is 275 g/mol. The molecule has 1 amide bonds. The van der Waals surface area contributed by atoms with E-state index in [4.69, 9.17) is 0 Å². The molecule has 4 nitrogen and oxygen atoms in total. The minimum absolute atomic E-state index is 0.137. The predicted octanol–water partition coefficient (Wildman–Crippen LogP) is 3.09. The Hall–Kier alpha value is -1.58. The van der Waals surface area contributed by atoms with Crippen LogP contribution in [0.15, 0.2) is 12.1 Å². The third-order valence-electron chi connectivity index (χ3n) is 4.17. The summed E-state index contributed by atoms with van der Waals surface area (Å²) in [5.74, 6) is 0.906. The standard InChI is InChI=1S/C16H25N3O/c1-5-14-9-13(10-15(17-4)18-14)16(20)19-11(2)7-6-8-12(19)3/h9-12H,5-8H2,1-4H3,(H,17,18). The molecule has 0 bridgehead atoms. The number of anilines is 1. The Kier molecular flexibility index (Phi) is 4.63. The average Bonchev–Trinajstić information content (AvgIpc) is 2.46. The van der Waals surface area contributed by atoms with Gasteiger partial charge in [0.05, 0.1) is 0 Å². The predicted molar refractivity (Wildman–Crippen MR) is 82.1 cm³/mol. The Morgan fingerprint density at radius 3 is 2.55 bits per heavy atom. The number of carbonyl (C=O) groups is 1. The summed E-state index contributed by atoms with van der Waals surface area (Å²) >= 11 is 0. The number of rotatable bonds is 3. The van der Waals surface area contributed by atoms with Crippen LogP contribution in [0.4, 0.5) is 5.82 Å². The van der Waals surface area contributed by atoms with Gasteiger partial charge in [-0.15, -0.1) is 0 Å².